The van der Waals surface area contributed by atoms with Crippen LogP contribution in [0.5, 0.6) is 0 Å². The first-order valence-electron chi connectivity index (χ1n) is 4.93. The Morgan fingerprint density at radius 3 is 2.67 bits per heavy atom. The predicted octanol–water partition coefficient (Wildman–Crippen LogP) is 2.56. The van der Waals surface area contributed by atoms with Crippen LogP contribution in [0.25, 0.3) is 10.8 Å². The molecule has 2 aromatic carbocycles. The summed E-state index contributed by atoms with van der Waals surface area (Å²) < 4.78 is 0. The summed E-state index contributed by atoms with van der Waals surface area (Å²) in [6, 6.07) is 14.2. The van der Waals surface area contributed by atoms with E-state index in [0.717, 1.165) is 5.56 Å². The Hall–Kier alpha value is -1.83. The number of hydrogen-bond donors (Lipinski definition) is 1. The van der Waals surface area contributed by atoms with E-state index in [9.17, 15) is 4.79 Å². The number of nitrogens with one attached hydrogen (secondary N) is 1. The van der Waals surface area contributed by atoms with Crippen LogP contribution < -0.4 is 5.32 Å². The molecule has 1 N–H and O–H groups in total. The lowest BCUT2D eigenvalue weighted by Crippen LogP contribution is -2.16. The van der Waals surface area contributed by atoms with Gasteiger partial charge in [-0.1, -0.05) is 42.5 Å². The van der Waals surface area contributed by atoms with Gasteiger partial charge in [-0.3, -0.25) is 4.79 Å². The second-order valence-electron chi connectivity index (χ2n) is 3.54. The maximum atomic E-state index is 10.3. The normalized spacial score (nSPS) is 12.3. The summed E-state index contributed by atoms with van der Waals surface area (Å²) in [5.41, 5.74) is 1.12. The molecule has 0 fully saturated rings. The SMILES string of the molecule is C[C@H](N[C]=O)c1cccc2ccccc12. The first kappa shape index (κ1) is 9.71. The van der Waals surface area contributed by atoms with Gasteiger partial charge in [-0.05, 0) is 23.3 Å². The largest absolute Gasteiger partial charge is 0.341 e. The average Bonchev–Trinajstić information content (AvgIpc) is 2.28. The molecule has 0 saturated carbocycles. The fourth-order valence-corrected chi connectivity index (χ4v) is 1.79. The Morgan fingerprint density at radius 2 is 1.87 bits per heavy atom. The van der Waals surface area contributed by atoms with Gasteiger partial charge in [0.15, 0.2) is 0 Å². The molecular weight excluding hydrogens is 186 g/mol. The molecule has 0 spiro atoms. The Labute approximate surface area is 88.9 Å². The van der Waals surface area contributed by atoms with Crippen molar-refractivity contribution in [3.8, 4) is 0 Å². The van der Waals surface area contributed by atoms with Gasteiger partial charge in [0.1, 0.15) is 0 Å². The molecule has 1 atom stereocenters. The first-order valence-corrected chi connectivity index (χ1v) is 4.93. The van der Waals surface area contributed by atoms with E-state index in [1.807, 2.05) is 31.2 Å². The van der Waals surface area contributed by atoms with Gasteiger partial charge < -0.3 is 5.32 Å². The maximum Gasteiger partial charge on any atom is 0.309 e. The van der Waals surface area contributed by atoms with Crippen LogP contribution in [0.3, 0.4) is 0 Å². The van der Waals surface area contributed by atoms with E-state index in [1.165, 1.54) is 10.8 Å². The van der Waals surface area contributed by atoms with Crippen LogP contribution in [-0.4, -0.2) is 6.41 Å². The second kappa shape index (κ2) is 4.13. The Kier molecular flexibility index (Phi) is 2.68. The van der Waals surface area contributed by atoms with Gasteiger partial charge in [0.25, 0.3) is 0 Å². The van der Waals surface area contributed by atoms with Crippen LogP contribution in [-0.2, 0) is 4.79 Å². The lowest BCUT2D eigenvalue weighted by molar-refractivity contribution is 0.530. The van der Waals surface area contributed by atoms with Gasteiger partial charge in [-0.15, -0.1) is 0 Å². The molecule has 0 heterocycles. The number of benzene rings is 2. The minimum absolute atomic E-state index is 0.00593. The third kappa shape index (κ3) is 1.84. The molecule has 0 aliphatic carbocycles. The standard InChI is InChI=1S/C13H12NO/c1-10(14-9-15)12-8-4-6-11-5-2-3-7-13(11)12/h2-8,10H,1H3,(H,14,15)/t10-/m0/s1. The smallest absolute Gasteiger partial charge is 0.309 e. The monoisotopic (exact) mass is 198 g/mol. The van der Waals surface area contributed by atoms with E-state index >= 15 is 0 Å². The van der Waals surface area contributed by atoms with Gasteiger partial charge in [-0.25, -0.2) is 0 Å². The van der Waals surface area contributed by atoms with Crippen molar-refractivity contribution >= 4 is 17.2 Å². The van der Waals surface area contributed by atoms with Crippen LogP contribution in [0.1, 0.15) is 18.5 Å². The average molecular weight is 198 g/mol. The molecule has 0 unspecified atom stereocenters. The van der Waals surface area contributed by atoms with Gasteiger partial charge in [0, 0.05) is 0 Å². The van der Waals surface area contributed by atoms with Crippen LogP contribution >= 0.6 is 0 Å². The molecular formula is C13H12NO. The number of hydrogen-bond acceptors (Lipinski definition) is 1. The summed E-state index contributed by atoms with van der Waals surface area (Å²) in [6.45, 7) is 1.95. The van der Waals surface area contributed by atoms with Crippen molar-refractivity contribution in [3.63, 3.8) is 0 Å². The van der Waals surface area contributed by atoms with Crippen LogP contribution in [0.15, 0.2) is 42.5 Å². The van der Waals surface area contributed by atoms with Gasteiger partial charge in [-0.2, -0.15) is 0 Å². The van der Waals surface area contributed by atoms with E-state index in [2.05, 4.69) is 23.5 Å². The molecule has 0 bridgehead atoms. The van der Waals surface area contributed by atoms with E-state index in [1.54, 1.807) is 6.41 Å². The number of carbonyl (C=O) groups excluding carboxylic acids is 1. The Morgan fingerprint density at radius 1 is 1.13 bits per heavy atom. The van der Waals surface area contributed by atoms with Crippen molar-refractivity contribution in [2.24, 2.45) is 0 Å². The van der Waals surface area contributed by atoms with E-state index in [4.69, 9.17) is 0 Å². The second-order valence-corrected chi connectivity index (χ2v) is 3.54. The molecule has 2 aromatic rings. The highest BCUT2D eigenvalue weighted by Crippen LogP contribution is 2.23. The zero-order valence-corrected chi connectivity index (χ0v) is 8.53. The van der Waals surface area contributed by atoms with Crippen molar-refractivity contribution in [2.75, 3.05) is 0 Å². The minimum Gasteiger partial charge on any atom is -0.341 e. The fourth-order valence-electron chi connectivity index (χ4n) is 1.79. The molecule has 15 heavy (non-hydrogen) atoms. The first-order chi connectivity index (χ1) is 7.33. The van der Waals surface area contributed by atoms with Crippen molar-refractivity contribution in [3.05, 3.63) is 48.0 Å². The summed E-state index contributed by atoms with van der Waals surface area (Å²) >= 11 is 0. The topological polar surface area (TPSA) is 29.1 Å². The van der Waals surface area contributed by atoms with Crippen molar-refractivity contribution in [1.29, 1.82) is 0 Å². The summed E-state index contributed by atoms with van der Waals surface area (Å²) in [6.07, 6.45) is 1.73. The minimum atomic E-state index is -0.00593. The number of amides is 1. The number of fused-ring (bicyclic) bond motifs is 1. The van der Waals surface area contributed by atoms with Crippen molar-refractivity contribution in [1.82, 2.24) is 5.32 Å². The van der Waals surface area contributed by atoms with E-state index in [0.29, 0.717) is 0 Å². The third-order valence-corrected chi connectivity index (χ3v) is 2.57. The molecule has 1 amide bonds. The summed E-state index contributed by atoms with van der Waals surface area (Å²) in [7, 11) is 0. The highest BCUT2D eigenvalue weighted by Gasteiger charge is 2.07. The van der Waals surface area contributed by atoms with E-state index < -0.39 is 0 Å². The van der Waals surface area contributed by atoms with Gasteiger partial charge >= 0.3 is 6.41 Å². The molecule has 1 radical (unpaired) electrons. The number of rotatable bonds is 3. The summed E-state index contributed by atoms with van der Waals surface area (Å²) in [5, 5.41) is 5.01. The molecule has 2 nitrogen and oxygen atoms in total. The molecule has 0 aromatic heterocycles. The van der Waals surface area contributed by atoms with Crippen molar-refractivity contribution < 1.29 is 4.79 Å². The fraction of sp³-hybridized carbons (Fsp3) is 0.154. The van der Waals surface area contributed by atoms with Crippen molar-refractivity contribution in [2.45, 2.75) is 13.0 Å². The zero-order chi connectivity index (χ0) is 10.7. The Bertz CT molecular complexity index is 473. The lowest BCUT2D eigenvalue weighted by atomic mass is 10.00. The quantitative estimate of drug-likeness (QED) is 0.754. The molecule has 2 heteroatoms. The predicted molar refractivity (Wildman–Crippen MR) is 61.2 cm³/mol. The molecule has 0 aliphatic heterocycles. The van der Waals surface area contributed by atoms with Gasteiger partial charge in [0.2, 0.25) is 0 Å². The highest BCUT2D eigenvalue weighted by molar-refractivity contribution is 5.86. The summed E-state index contributed by atoms with van der Waals surface area (Å²) in [5.74, 6) is 0. The van der Waals surface area contributed by atoms with Gasteiger partial charge in [0.05, 0.1) is 6.04 Å². The lowest BCUT2D eigenvalue weighted by Gasteiger charge is -2.12. The van der Waals surface area contributed by atoms with Crippen LogP contribution in [0.4, 0.5) is 0 Å². The van der Waals surface area contributed by atoms with Crippen LogP contribution in [0, 0.1) is 0 Å². The maximum absolute atomic E-state index is 10.3. The molecule has 0 saturated heterocycles. The highest BCUT2D eigenvalue weighted by atomic mass is 16.1. The third-order valence-electron chi connectivity index (χ3n) is 2.57. The summed E-state index contributed by atoms with van der Waals surface area (Å²) in [4.78, 5) is 10.3. The zero-order valence-electron chi connectivity index (χ0n) is 8.53. The molecule has 75 valence electrons. The Balaban J connectivity index is 2.55. The molecule has 0 aliphatic rings. The van der Waals surface area contributed by atoms with E-state index in [-0.39, 0.29) is 6.04 Å². The van der Waals surface area contributed by atoms with Crippen LogP contribution in [0.2, 0.25) is 0 Å². The molecule has 2 rings (SSSR count).